The summed E-state index contributed by atoms with van der Waals surface area (Å²) in [5.41, 5.74) is 1.25. The number of anilines is 1. The predicted octanol–water partition coefficient (Wildman–Crippen LogP) is 5.13. The highest BCUT2D eigenvalue weighted by atomic mass is 19.4. The summed E-state index contributed by atoms with van der Waals surface area (Å²) in [4.78, 5) is 2.14. The van der Waals surface area contributed by atoms with Crippen LogP contribution in [-0.4, -0.2) is 13.7 Å². The highest BCUT2D eigenvalue weighted by Gasteiger charge is 2.29. The van der Waals surface area contributed by atoms with Gasteiger partial charge < -0.3 is 9.64 Å². The van der Waals surface area contributed by atoms with Crippen LogP contribution in [0.1, 0.15) is 24.5 Å². The minimum atomic E-state index is -4.29. The van der Waals surface area contributed by atoms with Crippen molar-refractivity contribution < 1.29 is 17.9 Å². The molecule has 23 heavy (non-hydrogen) atoms. The van der Waals surface area contributed by atoms with Crippen molar-refractivity contribution in [2.24, 2.45) is 0 Å². The van der Waals surface area contributed by atoms with Gasteiger partial charge in [-0.05, 0) is 48.4 Å². The first-order chi connectivity index (χ1) is 10.9. The van der Waals surface area contributed by atoms with Gasteiger partial charge in [-0.2, -0.15) is 13.2 Å². The molecule has 2 nitrogen and oxygen atoms in total. The zero-order valence-corrected chi connectivity index (χ0v) is 13.2. The topological polar surface area (TPSA) is 12.5 Å². The third kappa shape index (κ3) is 4.65. The lowest BCUT2D eigenvalue weighted by Crippen LogP contribution is -2.23. The third-order valence-corrected chi connectivity index (χ3v) is 3.59. The Labute approximate surface area is 134 Å². The van der Waals surface area contributed by atoms with Gasteiger partial charge in [0, 0.05) is 18.8 Å². The van der Waals surface area contributed by atoms with Gasteiger partial charge in [-0.15, -0.1) is 0 Å². The average molecular weight is 323 g/mol. The molecule has 0 aliphatic rings. The molecule has 0 heterocycles. The largest absolute Gasteiger partial charge is 0.497 e. The van der Waals surface area contributed by atoms with E-state index >= 15 is 0 Å². The Bertz CT molecular complexity index is 606. The van der Waals surface area contributed by atoms with Crippen molar-refractivity contribution in [3.05, 3.63) is 59.7 Å². The van der Waals surface area contributed by atoms with Gasteiger partial charge in [-0.3, -0.25) is 0 Å². The fraction of sp³-hybridized carbons (Fsp3) is 0.333. The summed E-state index contributed by atoms with van der Waals surface area (Å²) in [7, 11) is 1.61. The Morgan fingerprint density at radius 1 is 0.957 bits per heavy atom. The maximum Gasteiger partial charge on any atom is 0.416 e. The Balaban J connectivity index is 2.15. The van der Waals surface area contributed by atoms with Crippen LogP contribution in [-0.2, 0) is 12.7 Å². The Morgan fingerprint density at radius 3 is 2.04 bits per heavy atom. The van der Waals surface area contributed by atoms with Crippen LogP contribution >= 0.6 is 0 Å². The van der Waals surface area contributed by atoms with E-state index in [1.54, 1.807) is 7.11 Å². The van der Waals surface area contributed by atoms with Crippen LogP contribution in [0.4, 0.5) is 18.9 Å². The van der Waals surface area contributed by atoms with Crippen molar-refractivity contribution in [1.82, 2.24) is 0 Å². The summed E-state index contributed by atoms with van der Waals surface area (Å²) < 4.78 is 43.0. The smallest absolute Gasteiger partial charge is 0.416 e. The first kappa shape index (κ1) is 17.2. The number of nitrogens with zero attached hydrogens (tertiary/aromatic N) is 1. The number of alkyl halides is 3. The molecule has 0 radical (unpaired) electrons. The van der Waals surface area contributed by atoms with Gasteiger partial charge in [0.1, 0.15) is 5.75 Å². The number of methoxy groups -OCH3 is 1. The van der Waals surface area contributed by atoms with Crippen LogP contribution in [0.15, 0.2) is 48.5 Å². The highest BCUT2D eigenvalue weighted by molar-refractivity contribution is 5.49. The molecule has 2 aromatic rings. The third-order valence-electron chi connectivity index (χ3n) is 3.59. The number of benzene rings is 2. The van der Waals surface area contributed by atoms with E-state index in [9.17, 15) is 13.2 Å². The molecule has 0 saturated heterocycles. The van der Waals surface area contributed by atoms with Gasteiger partial charge >= 0.3 is 6.18 Å². The van der Waals surface area contributed by atoms with Crippen molar-refractivity contribution in [3.63, 3.8) is 0 Å². The molecule has 5 heteroatoms. The van der Waals surface area contributed by atoms with Gasteiger partial charge in [0.2, 0.25) is 0 Å². The standard InChI is InChI=1S/C18H20F3NO/c1-3-12-22(16-8-10-17(23-2)11-9-16)13-14-4-6-15(7-5-14)18(19,20)21/h4-11H,3,12-13H2,1-2H3. The maximum absolute atomic E-state index is 12.6. The van der Waals surface area contributed by atoms with Crippen molar-refractivity contribution in [1.29, 1.82) is 0 Å². The van der Waals surface area contributed by atoms with Gasteiger partial charge in [0.05, 0.1) is 12.7 Å². The molecule has 2 aromatic carbocycles. The van der Waals surface area contributed by atoms with E-state index < -0.39 is 11.7 Å². The SMILES string of the molecule is CCCN(Cc1ccc(C(F)(F)F)cc1)c1ccc(OC)cc1. The molecule has 0 atom stereocenters. The summed E-state index contributed by atoms with van der Waals surface area (Å²) in [5.74, 6) is 0.778. The number of hydrogen-bond acceptors (Lipinski definition) is 2. The molecule has 2 rings (SSSR count). The second-order valence-electron chi connectivity index (χ2n) is 5.31. The number of rotatable bonds is 6. The first-order valence-electron chi connectivity index (χ1n) is 7.49. The number of halogens is 3. The predicted molar refractivity (Wildman–Crippen MR) is 85.8 cm³/mol. The van der Waals surface area contributed by atoms with Crippen LogP contribution < -0.4 is 9.64 Å². The Morgan fingerprint density at radius 2 is 1.57 bits per heavy atom. The normalized spacial score (nSPS) is 11.3. The molecule has 0 saturated carbocycles. The quantitative estimate of drug-likeness (QED) is 0.730. The zero-order chi connectivity index (χ0) is 16.9. The lowest BCUT2D eigenvalue weighted by molar-refractivity contribution is -0.137. The van der Waals surface area contributed by atoms with Crippen molar-refractivity contribution in [3.8, 4) is 5.75 Å². The average Bonchev–Trinajstić information content (AvgIpc) is 2.54. The minimum absolute atomic E-state index is 0.568. The van der Waals surface area contributed by atoms with E-state index in [0.29, 0.717) is 6.54 Å². The fourth-order valence-corrected chi connectivity index (χ4v) is 2.38. The molecule has 0 spiro atoms. The molecule has 124 valence electrons. The molecule has 0 aliphatic carbocycles. The van der Waals surface area contributed by atoms with Gasteiger partial charge in [-0.1, -0.05) is 19.1 Å². The van der Waals surface area contributed by atoms with Crippen molar-refractivity contribution in [2.75, 3.05) is 18.6 Å². The molecule has 0 aromatic heterocycles. The Kier molecular flexibility index (Phi) is 5.53. The summed E-state index contributed by atoms with van der Waals surface area (Å²) >= 11 is 0. The van der Waals surface area contributed by atoms with Crippen LogP contribution in [0.2, 0.25) is 0 Å². The molecule has 0 aliphatic heterocycles. The van der Waals surface area contributed by atoms with Crippen LogP contribution in [0, 0.1) is 0 Å². The first-order valence-corrected chi connectivity index (χ1v) is 7.49. The van der Waals surface area contributed by atoms with Crippen LogP contribution in [0.25, 0.3) is 0 Å². The maximum atomic E-state index is 12.6. The van der Waals surface area contributed by atoms with E-state index in [-0.39, 0.29) is 0 Å². The molecular formula is C18H20F3NO. The fourth-order valence-electron chi connectivity index (χ4n) is 2.38. The van der Waals surface area contributed by atoms with E-state index in [1.807, 2.05) is 24.3 Å². The van der Waals surface area contributed by atoms with E-state index in [2.05, 4.69) is 11.8 Å². The van der Waals surface area contributed by atoms with Crippen LogP contribution in [0.5, 0.6) is 5.75 Å². The Hall–Kier alpha value is -2.17. The van der Waals surface area contributed by atoms with Crippen molar-refractivity contribution >= 4 is 5.69 Å². The van der Waals surface area contributed by atoms with Gasteiger partial charge in [0.15, 0.2) is 0 Å². The second-order valence-corrected chi connectivity index (χ2v) is 5.31. The summed E-state index contributed by atoms with van der Waals surface area (Å²) in [6.07, 6.45) is -3.34. The molecule has 0 N–H and O–H groups in total. The monoisotopic (exact) mass is 323 g/mol. The summed E-state index contributed by atoms with van der Waals surface area (Å²) in [6.45, 7) is 3.47. The summed E-state index contributed by atoms with van der Waals surface area (Å²) in [6, 6.07) is 13.0. The van der Waals surface area contributed by atoms with Gasteiger partial charge in [0.25, 0.3) is 0 Å². The molecular weight excluding hydrogens is 303 g/mol. The summed E-state index contributed by atoms with van der Waals surface area (Å²) in [5, 5.41) is 0. The minimum Gasteiger partial charge on any atom is -0.497 e. The zero-order valence-electron chi connectivity index (χ0n) is 13.2. The molecule has 0 bridgehead atoms. The highest BCUT2D eigenvalue weighted by Crippen LogP contribution is 2.29. The molecule has 0 fully saturated rings. The van der Waals surface area contributed by atoms with E-state index in [0.717, 1.165) is 42.1 Å². The van der Waals surface area contributed by atoms with Crippen molar-refractivity contribution in [2.45, 2.75) is 26.1 Å². The van der Waals surface area contributed by atoms with E-state index in [1.165, 1.54) is 12.1 Å². The lowest BCUT2D eigenvalue weighted by Gasteiger charge is -2.25. The van der Waals surface area contributed by atoms with Crippen LogP contribution in [0.3, 0.4) is 0 Å². The van der Waals surface area contributed by atoms with E-state index in [4.69, 9.17) is 4.74 Å². The number of ether oxygens (including phenoxy) is 1. The molecule has 0 amide bonds. The molecule has 0 unspecified atom stereocenters. The second kappa shape index (κ2) is 7.40. The van der Waals surface area contributed by atoms with Gasteiger partial charge in [-0.25, -0.2) is 0 Å². The lowest BCUT2D eigenvalue weighted by atomic mass is 10.1. The number of hydrogen-bond donors (Lipinski definition) is 0.